The lowest BCUT2D eigenvalue weighted by Crippen LogP contribution is -2.49. The van der Waals surface area contributed by atoms with Gasteiger partial charge in [-0.25, -0.2) is 0 Å². The maximum atomic E-state index is 12.4. The van der Waals surface area contributed by atoms with Crippen LogP contribution in [0.15, 0.2) is 48.6 Å². The summed E-state index contributed by atoms with van der Waals surface area (Å²) in [6.45, 7) is 2.80. The van der Waals surface area contributed by atoms with Crippen molar-refractivity contribution in [3.8, 4) is 23.0 Å². The average Bonchev–Trinajstić information content (AvgIpc) is 2.85. The smallest absolute Gasteiger partial charge is 0.218 e. The average molecular weight is 511 g/mol. The largest absolute Gasteiger partial charge is 0.504 e. The molecule has 0 aliphatic rings. The Balaban J connectivity index is 2.10. The van der Waals surface area contributed by atoms with E-state index < -0.39 is 47.7 Å². The highest BCUT2D eigenvalue weighted by Crippen LogP contribution is 2.29. The first-order valence-electron chi connectivity index (χ1n) is 11.3. The lowest BCUT2D eigenvalue weighted by Gasteiger charge is -2.21. The summed E-state index contributed by atoms with van der Waals surface area (Å²) < 4.78 is 10.5. The number of phenolic OH excluding ortho intramolecular Hbond substituents is 2. The van der Waals surface area contributed by atoms with Crippen molar-refractivity contribution in [2.24, 2.45) is 11.5 Å². The minimum absolute atomic E-state index is 0.0364. The third-order valence-electron chi connectivity index (χ3n) is 5.12. The Morgan fingerprint density at radius 2 is 1.24 bits per heavy atom. The molecule has 0 saturated carbocycles. The Morgan fingerprint density at radius 3 is 1.68 bits per heavy atom. The van der Waals surface area contributed by atoms with Gasteiger partial charge < -0.3 is 31.2 Å². The van der Waals surface area contributed by atoms with Crippen molar-refractivity contribution in [3.63, 3.8) is 0 Å². The van der Waals surface area contributed by atoms with Crippen molar-refractivity contribution in [2.75, 3.05) is 7.11 Å². The molecule has 10 heteroatoms. The maximum absolute atomic E-state index is 12.4. The van der Waals surface area contributed by atoms with Crippen LogP contribution in [-0.4, -0.2) is 58.6 Å². The summed E-state index contributed by atoms with van der Waals surface area (Å²) >= 11 is 0. The van der Waals surface area contributed by atoms with E-state index in [1.165, 1.54) is 69.5 Å². The van der Waals surface area contributed by atoms with Gasteiger partial charge in [-0.3, -0.25) is 19.2 Å². The molecule has 0 saturated heterocycles. The van der Waals surface area contributed by atoms with Gasteiger partial charge in [0.15, 0.2) is 46.1 Å². The lowest BCUT2D eigenvalue weighted by atomic mass is 10.0. The number of ketones is 4. The molecule has 0 bridgehead atoms. The number of carbonyl (C=O) groups excluding carboxylic acids is 4. The molecule has 2 aromatic rings. The zero-order chi connectivity index (χ0) is 27.7. The van der Waals surface area contributed by atoms with Gasteiger partial charge in [0.05, 0.1) is 25.6 Å². The number of hydrogen-bond acceptors (Lipinski definition) is 10. The molecule has 6 N–H and O–H groups in total. The van der Waals surface area contributed by atoms with E-state index in [1.54, 1.807) is 12.1 Å². The van der Waals surface area contributed by atoms with Gasteiger partial charge in [-0.2, -0.15) is 0 Å². The Morgan fingerprint density at radius 1 is 0.811 bits per heavy atom. The highest BCUT2D eigenvalue weighted by molar-refractivity contribution is 6.11. The third kappa shape index (κ3) is 8.41. The predicted molar refractivity (Wildman–Crippen MR) is 137 cm³/mol. The maximum Gasteiger partial charge on any atom is 0.218 e. The minimum atomic E-state index is -1.61. The van der Waals surface area contributed by atoms with Crippen LogP contribution in [0.3, 0.4) is 0 Å². The van der Waals surface area contributed by atoms with Crippen LogP contribution in [0.2, 0.25) is 0 Å². The predicted octanol–water partition coefficient (Wildman–Crippen LogP) is 1.94. The first-order valence-corrected chi connectivity index (χ1v) is 11.3. The van der Waals surface area contributed by atoms with E-state index in [4.69, 9.17) is 20.9 Å². The normalized spacial score (nSPS) is 13.0. The van der Waals surface area contributed by atoms with E-state index in [2.05, 4.69) is 0 Å². The highest BCUT2D eigenvalue weighted by atomic mass is 16.5. The molecule has 0 unspecified atom stereocenters. The number of nitrogens with two attached hydrogens (primary N) is 2. The first-order chi connectivity index (χ1) is 17.4. The van der Waals surface area contributed by atoms with Crippen LogP contribution in [0.1, 0.15) is 31.4 Å². The number of hydrogen-bond donors (Lipinski definition) is 4. The van der Waals surface area contributed by atoms with E-state index in [1.807, 2.05) is 0 Å². The number of Topliss-reactive ketones (excluding diaryl/α,β-unsaturated/α-hetero) is 2. The molecule has 0 aliphatic carbocycles. The summed E-state index contributed by atoms with van der Waals surface area (Å²) in [5, 5.41) is 19.8. The van der Waals surface area contributed by atoms with Crippen LogP contribution in [0, 0.1) is 0 Å². The van der Waals surface area contributed by atoms with Crippen molar-refractivity contribution in [1.82, 2.24) is 0 Å². The number of benzene rings is 2. The minimum Gasteiger partial charge on any atom is -0.504 e. The van der Waals surface area contributed by atoms with Crippen LogP contribution in [0.4, 0.5) is 0 Å². The molecule has 10 nitrogen and oxygen atoms in total. The second-order valence-electron chi connectivity index (χ2n) is 8.31. The van der Waals surface area contributed by atoms with E-state index >= 15 is 0 Å². The summed E-state index contributed by atoms with van der Waals surface area (Å²) in [4.78, 5) is 49.2. The fraction of sp³-hybridized carbons (Fsp3) is 0.259. The summed E-state index contributed by atoms with van der Waals surface area (Å²) in [5.74, 6) is -2.62. The van der Waals surface area contributed by atoms with Crippen molar-refractivity contribution in [2.45, 2.75) is 38.5 Å². The topological polar surface area (TPSA) is 179 Å². The van der Waals surface area contributed by atoms with Gasteiger partial charge in [-0.1, -0.05) is 24.3 Å². The molecule has 0 radical (unpaired) electrons. The van der Waals surface area contributed by atoms with Crippen molar-refractivity contribution in [1.29, 1.82) is 0 Å². The molecule has 0 aromatic heterocycles. The van der Waals surface area contributed by atoms with Crippen LogP contribution >= 0.6 is 0 Å². The molecule has 2 atom stereocenters. The van der Waals surface area contributed by atoms with Crippen LogP contribution < -0.4 is 20.9 Å². The van der Waals surface area contributed by atoms with Crippen LogP contribution in [-0.2, 0) is 19.2 Å². The van der Waals surface area contributed by atoms with E-state index in [-0.39, 0.29) is 23.0 Å². The number of allylic oxidation sites excluding steroid dienone is 2. The monoisotopic (exact) mass is 510 g/mol. The fourth-order valence-corrected chi connectivity index (χ4v) is 3.06. The van der Waals surface area contributed by atoms with E-state index in [9.17, 15) is 29.4 Å². The van der Waals surface area contributed by atoms with Crippen molar-refractivity contribution in [3.05, 3.63) is 59.7 Å². The molecular weight excluding hydrogens is 480 g/mol. The zero-order valence-electron chi connectivity index (χ0n) is 20.7. The lowest BCUT2D eigenvalue weighted by molar-refractivity contribution is -0.138. The Bertz CT molecular complexity index is 1210. The summed E-state index contributed by atoms with van der Waals surface area (Å²) in [5.41, 5.74) is 12.2. The molecule has 196 valence electrons. The van der Waals surface area contributed by atoms with Gasteiger partial charge in [0.2, 0.25) is 6.10 Å². The summed E-state index contributed by atoms with van der Waals surface area (Å²) in [6.07, 6.45) is 3.32. The second kappa shape index (κ2) is 13.1. The van der Waals surface area contributed by atoms with E-state index in [0.717, 1.165) is 0 Å². The number of rotatable bonds is 13. The van der Waals surface area contributed by atoms with Gasteiger partial charge in [0, 0.05) is 0 Å². The number of ether oxygens (including phenoxy) is 2. The highest BCUT2D eigenvalue weighted by Gasteiger charge is 2.33. The summed E-state index contributed by atoms with van der Waals surface area (Å²) in [7, 11) is 1.40. The van der Waals surface area contributed by atoms with Crippen molar-refractivity contribution < 1.29 is 38.9 Å². The number of carbonyl (C=O) groups is 4. The van der Waals surface area contributed by atoms with Gasteiger partial charge in [0.25, 0.3) is 0 Å². The first kappa shape index (κ1) is 29.0. The molecule has 0 aliphatic heterocycles. The molecule has 2 rings (SSSR count). The number of methoxy groups -OCH3 is 1. The van der Waals surface area contributed by atoms with Gasteiger partial charge in [-0.15, -0.1) is 0 Å². The molecule has 0 amide bonds. The summed E-state index contributed by atoms with van der Waals surface area (Å²) in [6, 6.07) is 6.62. The molecular formula is C27H30N2O8. The molecule has 0 heterocycles. The Labute approximate surface area is 214 Å². The molecule has 37 heavy (non-hydrogen) atoms. The fourth-order valence-electron chi connectivity index (χ4n) is 3.06. The van der Waals surface area contributed by atoms with Crippen LogP contribution in [0.5, 0.6) is 23.0 Å². The van der Waals surface area contributed by atoms with Crippen LogP contribution in [0.25, 0.3) is 12.2 Å². The SMILES string of the molecule is COc1cc(/C=C/C(=O)CC(=O)/C=C/c2ccc(O)c(OC(C(=O)[C@H](C)N)C(=O)[C@H](C)N)c2)ccc1O. The number of aromatic hydroxyl groups is 2. The standard InChI is InChI=1S/C27H30N2O8/c1-15(28)25(34)27(26(35)16(2)29)37-24-13-18(7-11-22(24)33)5-9-20(31)14-19(30)8-4-17-6-10-21(32)23(12-17)36-3/h4-13,15-16,27,32-33H,14,28-29H2,1-3H3/b8-4+,9-5+/t15-,16-/m0/s1. The van der Waals surface area contributed by atoms with E-state index in [0.29, 0.717) is 11.1 Å². The zero-order valence-corrected chi connectivity index (χ0v) is 20.7. The van der Waals surface area contributed by atoms with Gasteiger partial charge >= 0.3 is 0 Å². The molecule has 0 spiro atoms. The Hall–Kier alpha value is -4.28. The number of phenols is 2. The third-order valence-corrected chi connectivity index (χ3v) is 5.12. The quantitative estimate of drug-likeness (QED) is 0.230. The second-order valence-corrected chi connectivity index (χ2v) is 8.31. The van der Waals surface area contributed by atoms with Gasteiger partial charge in [-0.05, 0) is 61.4 Å². The molecule has 2 aromatic carbocycles. The molecule has 0 fully saturated rings. The Kier molecular flexibility index (Phi) is 10.3. The van der Waals surface area contributed by atoms with Crippen molar-refractivity contribution >= 4 is 35.3 Å². The van der Waals surface area contributed by atoms with Gasteiger partial charge in [0.1, 0.15) is 0 Å².